The van der Waals surface area contributed by atoms with E-state index in [9.17, 15) is 0 Å². The lowest BCUT2D eigenvalue weighted by Gasteiger charge is -1.99. The summed E-state index contributed by atoms with van der Waals surface area (Å²) in [6.07, 6.45) is 4.06. The maximum atomic E-state index is 5.21. The summed E-state index contributed by atoms with van der Waals surface area (Å²) in [7, 11) is 3.30. The maximum absolute atomic E-state index is 5.21. The van der Waals surface area contributed by atoms with Crippen LogP contribution in [0.3, 0.4) is 0 Å². The van der Waals surface area contributed by atoms with E-state index < -0.39 is 0 Å². The van der Waals surface area contributed by atoms with Gasteiger partial charge in [0.1, 0.15) is 17.2 Å². The number of nitrogens with one attached hydrogen (secondary N) is 1. The molecular weight excluding hydrogens is 362 g/mol. The lowest BCUT2D eigenvalue weighted by atomic mass is 10.1. The summed E-state index contributed by atoms with van der Waals surface area (Å²) in [5, 5.41) is 9.98. The second kappa shape index (κ2) is 8.44. The first-order valence-corrected chi connectivity index (χ1v) is 9.25. The molecule has 29 heavy (non-hydrogen) atoms. The number of nitrogens with zero attached hydrogens (tertiary/aromatic N) is 2. The molecule has 0 unspecified atom stereocenters. The van der Waals surface area contributed by atoms with Gasteiger partial charge in [0.05, 0.1) is 25.6 Å². The summed E-state index contributed by atoms with van der Waals surface area (Å²) in [5.41, 5.74) is 4.56. The van der Waals surface area contributed by atoms with E-state index in [0.717, 1.165) is 45.0 Å². The Kier molecular flexibility index (Phi) is 5.38. The van der Waals surface area contributed by atoms with Crippen molar-refractivity contribution < 1.29 is 9.47 Å². The number of H-pyrrole nitrogens is 1. The average molecular weight is 383 g/mol. The molecule has 0 aliphatic heterocycles. The highest BCUT2D eigenvalue weighted by Crippen LogP contribution is 2.33. The van der Waals surface area contributed by atoms with Crippen molar-refractivity contribution >= 4 is 34.4 Å². The van der Waals surface area contributed by atoms with Gasteiger partial charge >= 0.3 is 0 Å². The van der Waals surface area contributed by atoms with Gasteiger partial charge in [0.25, 0.3) is 0 Å². The molecule has 0 bridgehead atoms. The minimum Gasteiger partial charge on any atom is -0.497 e. The number of azo groups is 1. The average Bonchev–Trinajstić information content (AvgIpc) is 3.14. The van der Waals surface area contributed by atoms with E-state index in [4.69, 9.17) is 9.47 Å². The van der Waals surface area contributed by atoms with Crippen molar-refractivity contribution in [2.24, 2.45) is 10.2 Å². The number of aromatic nitrogens is 1. The number of hydrogen-bond acceptors (Lipinski definition) is 4. The molecule has 144 valence electrons. The fraction of sp³-hybridized carbons (Fsp3) is 0.0833. The predicted octanol–water partition coefficient (Wildman–Crippen LogP) is 6.77. The number of para-hydroxylation sites is 1. The van der Waals surface area contributed by atoms with Crippen molar-refractivity contribution in [1.29, 1.82) is 0 Å². The molecule has 0 radical (unpaired) electrons. The van der Waals surface area contributed by atoms with Gasteiger partial charge in [0.15, 0.2) is 0 Å². The van der Waals surface area contributed by atoms with Crippen LogP contribution in [0.5, 0.6) is 11.5 Å². The Morgan fingerprint density at radius 2 is 1.38 bits per heavy atom. The van der Waals surface area contributed by atoms with Crippen molar-refractivity contribution in [2.75, 3.05) is 14.2 Å². The Labute approximate surface area is 169 Å². The van der Waals surface area contributed by atoms with Gasteiger partial charge < -0.3 is 14.5 Å². The molecule has 3 aromatic carbocycles. The molecule has 1 aromatic heterocycles. The van der Waals surface area contributed by atoms with Gasteiger partial charge in [-0.3, -0.25) is 0 Å². The van der Waals surface area contributed by atoms with E-state index in [1.165, 1.54) is 0 Å². The zero-order valence-electron chi connectivity index (χ0n) is 16.3. The number of benzene rings is 3. The molecule has 0 aliphatic rings. The van der Waals surface area contributed by atoms with Crippen molar-refractivity contribution in [3.63, 3.8) is 0 Å². The molecular formula is C24H21N3O2. The molecule has 5 nitrogen and oxygen atoms in total. The maximum Gasteiger partial charge on any atom is 0.119 e. The van der Waals surface area contributed by atoms with Crippen molar-refractivity contribution in [3.8, 4) is 11.5 Å². The third kappa shape index (κ3) is 4.19. The Morgan fingerprint density at radius 3 is 2.07 bits per heavy atom. The highest BCUT2D eigenvalue weighted by Gasteiger charge is 2.08. The number of rotatable bonds is 6. The molecule has 0 saturated carbocycles. The Balaban J connectivity index is 1.67. The monoisotopic (exact) mass is 383 g/mol. The van der Waals surface area contributed by atoms with Crippen LogP contribution in [0.1, 0.15) is 11.3 Å². The van der Waals surface area contributed by atoms with E-state index in [0.29, 0.717) is 0 Å². The third-order valence-electron chi connectivity index (χ3n) is 4.60. The second-order valence-electron chi connectivity index (χ2n) is 6.44. The van der Waals surface area contributed by atoms with E-state index in [2.05, 4.69) is 15.2 Å². The van der Waals surface area contributed by atoms with E-state index in [1.54, 1.807) is 14.2 Å². The number of ether oxygens (including phenoxy) is 2. The van der Waals surface area contributed by atoms with Crippen LogP contribution in [0.4, 0.5) is 11.4 Å². The lowest BCUT2D eigenvalue weighted by Crippen LogP contribution is -1.81. The fourth-order valence-corrected chi connectivity index (χ4v) is 3.03. The van der Waals surface area contributed by atoms with Gasteiger partial charge in [-0.05, 0) is 54.1 Å². The first kappa shape index (κ1) is 18.5. The second-order valence-corrected chi connectivity index (χ2v) is 6.44. The third-order valence-corrected chi connectivity index (χ3v) is 4.60. The number of methoxy groups -OCH3 is 2. The molecule has 4 rings (SSSR count). The zero-order valence-corrected chi connectivity index (χ0v) is 16.3. The van der Waals surface area contributed by atoms with Gasteiger partial charge in [-0.2, -0.15) is 5.11 Å². The van der Waals surface area contributed by atoms with Crippen molar-refractivity contribution in [1.82, 2.24) is 4.98 Å². The van der Waals surface area contributed by atoms with Gasteiger partial charge in [0, 0.05) is 10.9 Å². The summed E-state index contributed by atoms with van der Waals surface area (Å²) >= 11 is 0. The van der Waals surface area contributed by atoms with Crippen LogP contribution in [0, 0.1) is 0 Å². The highest BCUT2D eigenvalue weighted by atomic mass is 16.5. The van der Waals surface area contributed by atoms with Crippen LogP contribution < -0.4 is 9.47 Å². The van der Waals surface area contributed by atoms with Crippen LogP contribution in [-0.2, 0) is 0 Å². The van der Waals surface area contributed by atoms with E-state index in [-0.39, 0.29) is 0 Å². The zero-order chi connectivity index (χ0) is 20.1. The Morgan fingerprint density at radius 1 is 0.724 bits per heavy atom. The molecule has 0 atom stereocenters. The largest absolute Gasteiger partial charge is 0.497 e. The molecule has 5 heteroatoms. The fourth-order valence-electron chi connectivity index (χ4n) is 3.03. The Bertz CT molecular complexity index is 1160. The molecule has 0 aliphatic carbocycles. The summed E-state index contributed by atoms with van der Waals surface area (Å²) in [4.78, 5) is 3.43. The quantitative estimate of drug-likeness (QED) is 0.373. The van der Waals surface area contributed by atoms with Crippen LogP contribution in [0.25, 0.3) is 23.1 Å². The summed E-state index contributed by atoms with van der Waals surface area (Å²) < 4.78 is 10.4. The summed E-state index contributed by atoms with van der Waals surface area (Å²) in [5.74, 6) is 1.63. The van der Waals surface area contributed by atoms with E-state index >= 15 is 0 Å². The smallest absolute Gasteiger partial charge is 0.119 e. The highest BCUT2D eigenvalue weighted by molar-refractivity contribution is 5.96. The SMILES string of the molecule is COc1ccc(/C=C/c2[nH]c3ccccc3c2/N=N/c2ccc(OC)cc2)cc1. The minimum atomic E-state index is 0.765. The predicted molar refractivity (Wildman–Crippen MR) is 117 cm³/mol. The molecule has 4 aromatic rings. The lowest BCUT2D eigenvalue weighted by molar-refractivity contribution is 0.414. The summed E-state index contributed by atoms with van der Waals surface area (Å²) in [6, 6.07) is 23.5. The topological polar surface area (TPSA) is 59.0 Å². The first-order chi connectivity index (χ1) is 14.3. The van der Waals surface area contributed by atoms with Gasteiger partial charge in [-0.1, -0.05) is 36.4 Å². The van der Waals surface area contributed by atoms with E-state index in [1.807, 2.05) is 84.9 Å². The molecule has 0 spiro atoms. The van der Waals surface area contributed by atoms with Gasteiger partial charge in [0.2, 0.25) is 0 Å². The number of hydrogen-bond donors (Lipinski definition) is 1. The molecule has 1 heterocycles. The Hall–Kier alpha value is -3.86. The molecule has 0 saturated heterocycles. The van der Waals surface area contributed by atoms with Crippen molar-refractivity contribution in [2.45, 2.75) is 0 Å². The minimum absolute atomic E-state index is 0.765. The first-order valence-electron chi connectivity index (χ1n) is 9.25. The summed E-state index contributed by atoms with van der Waals surface area (Å²) in [6.45, 7) is 0. The van der Waals surface area contributed by atoms with Gasteiger partial charge in [-0.25, -0.2) is 0 Å². The molecule has 0 amide bonds. The van der Waals surface area contributed by atoms with Crippen LogP contribution in [0.2, 0.25) is 0 Å². The van der Waals surface area contributed by atoms with Gasteiger partial charge in [-0.15, -0.1) is 5.11 Å². The number of fused-ring (bicyclic) bond motifs is 1. The molecule has 0 fully saturated rings. The molecule has 1 N–H and O–H groups in total. The number of aromatic amines is 1. The van der Waals surface area contributed by atoms with Crippen LogP contribution in [0.15, 0.2) is 83.0 Å². The van der Waals surface area contributed by atoms with Crippen molar-refractivity contribution in [3.05, 3.63) is 84.1 Å². The standard InChI is InChI=1S/C24H21N3O2/c1-28-19-12-7-17(8-13-19)9-16-23-24(21-5-3-4-6-22(21)25-23)27-26-18-10-14-20(29-2)15-11-18/h3-16,25H,1-2H3/b16-9+,27-26+. The van der Waals surface area contributed by atoms with Crippen LogP contribution in [-0.4, -0.2) is 19.2 Å². The van der Waals surface area contributed by atoms with Crippen LogP contribution >= 0.6 is 0 Å². The normalized spacial score (nSPS) is 11.5.